The zero-order chi connectivity index (χ0) is 16.5. The van der Waals surface area contributed by atoms with Crippen LogP contribution in [0.4, 0.5) is 5.13 Å². The monoisotopic (exact) mass is 358 g/mol. The first-order chi connectivity index (χ1) is 11.7. The lowest BCUT2D eigenvalue weighted by atomic mass is 10.1. The van der Waals surface area contributed by atoms with Gasteiger partial charge in [0.05, 0.1) is 5.25 Å². The van der Waals surface area contributed by atoms with Crippen molar-refractivity contribution in [1.29, 1.82) is 0 Å². The molecule has 5 nitrogen and oxygen atoms in total. The van der Waals surface area contributed by atoms with Crippen molar-refractivity contribution in [1.82, 2.24) is 15.2 Å². The molecule has 124 valence electrons. The molecule has 7 heteroatoms. The number of aromatic amines is 1. The van der Waals surface area contributed by atoms with E-state index in [4.69, 9.17) is 0 Å². The minimum Gasteiger partial charge on any atom is -0.360 e. The maximum absolute atomic E-state index is 12.8. The molecule has 1 atom stereocenters. The van der Waals surface area contributed by atoms with Crippen molar-refractivity contribution in [3.8, 4) is 0 Å². The number of nitrogens with zero attached hydrogens (tertiary/aromatic N) is 3. The highest BCUT2D eigenvalue weighted by atomic mass is 32.2. The molecule has 0 bridgehead atoms. The quantitative estimate of drug-likeness (QED) is 0.552. The first kappa shape index (κ1) is 15.7. The van der Waals surface area contributed by atoms with E-state index in [-0.39, 0.29) is 11.0 Å². The Hall–Kier alpha value is -1.86. The number of H-pyrrole nitrogens is 1. The number of para-hydroxylation sites is 1. The van der Waals surface area contributed by atoms with Crippen molar-refractivity contribution in [2.75, 3.05) is 18.0 Å². The van der Waals surface area contributed by atoms with E-state index in [1.165, 1.54) is 24.6 Å². The number of carbonyl (C=O) groups is 1. The van der Waals surface area contributed by atoms with Crippen molar-refractivity contribution < 1.29 is 4.79 Å². The van der Waals surface area contributed by atoms with E-state index >= 15 is 0 Å². The molecule has 0 amide bonds. The van der Waals surface area contributed by atoms with Crippen LogP contribution in [0.15, 0.2) is 34.8 Å². The van der Waals surface area contributed by atoms with Crippen molar-refractivity contribution in [2.24, 2.45) is 0 Å². The van der Waals surface area contributed by atoms with Gasteiger partial charge in [0.25, 0.3) is 0 Å². The standard InChI is InChI=1S/C17H18N4OS2/c1-11(15(22)13-10-18-14-7-3-2-6-12(13)14)23-17-20-19-16(24-17)21-8-4-5-9-21/h2-3,6-7,10-11,18H,4-5,8-9H2,1H3. The molecule has 1 N–H and O–H groups in total. The lowest BCUT2D eigenvalue weighted by molar-refractivity contribution is 0.0995. The van der Waals surface area contributed by atoms with Crippen LogP contribution in [0.2, 0.25) is 0 Å². The molecule has 0 radical (unpaired) electrons. The molecule has 0 spiro atoms. The molecular weight excluding hydrogens is 340 g/mol. The van der Waals surface area contributed by atoms with Gasteiger partial charge in [-0.05, 0) is 25.8 Å². The summed E-state index contributed by atoms with van der Waals surface area (Å²) in [5.41, 5.74) is 1.74. The molecule has 1 aliphatic rings. The first-order valence-corrected chi connectivity index (χ1v) is 9.77. The van der Waals surface area contributed by atoms with Gasteiger partial charge >= 0.3 is 0 Å². The Kier molecular flexibility index (Phi) is 4.28. The van der Waals surface area contributed by atoms with Crippen molar-refractivity contribution >= 4 is 44.9 Å². The summed E-state index contributed by atoms with van der Waals surface area (Å²) in [7, 11) is 0. The Morgan fingerprint density at radius 2 is 2.08 bits per heavy atom. The molecule has 1 saturated heterocycles. The summed E-state index contributed by atoms with van der Waals surface area (Å²) < 4.78 is 0.859. The summed E-state index contributed by atoms with van der Waals surface area (Å²) in [4.78, 5) is 18.2. The summed E-state index contributed by atoms with van der Waals surface area (Å²) >= 11 is 3.08. The number of carbonyl (C=O) groups excluding carboxylic acids is 1. The molecule has 1 fully saturated rings. The molecule has 0 saturated carbocycles. The van der Waals surface area contributed by atoms with Crippen LogP contribution in [-0.2, 0) is 0 Å². The van der Waals surface area contributed by atoms with Crippen LogP contribution in [-0.4, -0.2) is 39.3 Å². The number of Topliss-reactive ketones (excluding diaryl/α,β-unsaturated/α-hetero) is 1. The second kappa shape index (κ2) is 6.57. The number of anilines is 1. The Morgan fingerprint density at radius 3 is 2.92 bits per heavy atom. The predicted molar refractivity (Wildman–Crippen MR) is 99.3 cm³/mol. The number of hydrogen-bond donors (Lipinski definition) is 1. The largest absolute Gasteiger partial charge is 0.360 e. The van der Waals surface area contributed by atoms with Gasteiger partial charge in [0.15, 0.2) is 10.1 Å². The minimum atomic E-state index is -0.191. The van der Waals surface area contributed by atoms with Crippen LogP contribution in [0.1, 0.15) is 30.1 Å². The van der Waals surface area contributed by atoms with Crippen molar-refractivity contribution in [3.63, 3.8) is 0 Å². The van der Waals surface area contributed by atoms with Crippen molar-refractivity contribution in [2.45, 2.75) is 29.4 Å². The lowest BCUT2D eigenvalue weighted by Crippen LogP contribution is -2.17. The van der Waals surface area contributed by atoms with Crippen molar-refractivity contribution in [3.05, 3.63) is 36.0 Å². The van der Waals surface area contributed by atoms with E-state index in [9.17, 15) is 4.79 Å². The number of thioether (sulfide) groups is 1. The Bertz CT molecular complexity index is 866. The Morgan fingerprint density at radius 1 is 1.29 bits per heavy atom. The van der Waals surface area contributed by atoms with Gasteiger partial charge in [-0.3, -0.25) is 4.79 Å². The second-order valence-electron chi connectivity index (χ2n) is 5.92. The average molecular weight is 358 g/mol. The van der Waals surface area contributed by atoms with Gasteiger partial charge in [-0.25, -0.2) is 0 Å². The summed E-state index contributed by atoms with van der Waals surface area (Å²) in [5.74, 6) is 0.121. The minimum absolute atomic E-state index is 0.121. The van der Waals surface area contributed by atoms with E-state index in [0.717, 1.165) is 39.0 Å². The van der Waals surface area contributed by atoms with Crippen LogP contribution >= 0.6 is 23.1 Å². The number of rotatable bonds is 5. The molecule has 3 aromatic rings. The number of benzene rings is 1. The van der Waals surface area contributed by atoms with Crippen LogP contribution in [0.5, 0.6) is 0 Å². The van der Waals surface area contributed by atoms with E-state index in [0.29, 0.717) is 0 Å². The summed E-state index contributed by atoms with van der Waals surface area (Å²) in [6, 6.07) is 7.88. The summed E-state index contributed by atoms with van der Waals surface area (Å²) in [6.45, 7) is 4.05. The van der Waals surface area contributed by atoms with Crippen LogP contribution in [0, 0.1) is 0 Å². The van der Waals surface area contributed by atoms with E-state index in [1.807, 2.05) is 31.2 Å². The first-order valence-electron chi connectivity index (χ1n) is 8.08. The zero-order valence-corrected chi connectivity index (χ0v) is 15.0. The molecular formula is C17H18N4OS2. The molecule has 2 aromatic heterocycles. The van der Waals surface area contributed by atoms with E-state index in [1.54, 1.807) is 17.5 Å². The topological polar surface area (TPSA) is 61.9 Å². The molecule has 1 aromatic carbocycles. The van der Waals surface area contributed by atoms with Crippen LogP contribution in [0.25, 0.3) is 10.9 Å². The lowest BCUT2D eigenvalue weighted by Gasteiger charge is -2.11. The molecule has 3 heterocycles. The SMILES string of the molecule is CC(Sc1nnc(N2CCCC2)s1)C(=O)c1c[nH]c2ccccc12. The highest BCUT2D eigenvalue weighted by Gasteiger charge is 2.23. The van der Waals surface area contributed by atoms with Crippen LogP contribution < -0.4 is 4.90 Å². The fourth-order valence-corrected chi connectivity index (χ4v) is 5.09. The van der Waals surface area contributed by atoms with Gasteiger partial charge in [0.2, 0.25) is 5.13 Å². The fraction of sp³-hybridized carbons (Fsp3) is 0.353. The van der Waals surface area contributed by atoms with E-state index < -0.39 is 0 Å². The predicted octanol–water partition coefficient (Wildman–Crippen LogP) is 3.98. The number of hydrogen-bond acceptors (Lipinski definition) is 6. The molecule has 4 rings (SSSR count). The van der Waals surface area contributed by atoms with Crippen LogP contribution in [0.3, 0.4) is 0 Å². The molecule has 0 aliphatic carbocycles. The fourth-order valence-electron chi connectivity index (χ4n) is 2.99. The Balaban J connectivity index is 1.49. The van der Waals surface area contributed by atoms with E-state index in [2.05, 4.69) is 20.1 Å². The molecule has 1 aliphatic heterocycles. The number of nitrogens with one attached hydrogen (secondary N) is 1. The molecule has 1 unspecified atom stereocenters. The number of ketones is 1. The number of aromatic nitrogens is 3. The summed E-state index contributed by atoms with van der Waals surface area (Å²) in [5, 5.41) is 10.3. The molecule has 24 heavy (non-hydrogen) atoms. The maximum atomic E-state index is 12.8. The third-order valence-corrected chi connectivity index (χ3v) is 6.44. The highest BCUT2D eigenvalue weighted by molar-refractivity contribution is 8.02. The van der Waals surface area contributed by atoms with Gasteiger partial charge in [0, 0.05) is 35.8 Å². The highest BCUT2D eigenvalue weighted by Crippen LogP contribution is 2.33. The Labute approximate surface area is 148 Å². The number of fused-ring (bicyclic) bond motifs is 1. The van der Waals surface area contributed by atoms with Gasteiger partial charge in [-0.15, -0.1) is 10.2 Å². The third kappa shape index (κ3) is 2.93. The maximum Gasteiger partial charge on any atom is 0.209 e. The normalized spacial score (nSPS) is 16.0. The second-order valence-corrected chi connectivity index (χ2v) is 8.46. The zero-order valence-electron chi connectivity index (χ0n) is 13.4. The average Bonchev–Trinajstić information content (AvgIpc) is 3.33. The summed E-state index contributed by atoms with van der Waals surface area (Å²) in [6.07, 6.45) is 4.24. The van der Waals surface area contributed by atoms with Gasteiger partial charge in [0.1, 0.15) is 0 Å². The smallest absolute Gasteiger partial charge is 0.209 e. The van der Waals surface area contributed by atoms with Gasteiger partial charge in [-0.1, -0.05) is 41.3 Å². The van der Waals surface area contributed by atoms with Gasteiger partial charge < -0.3 is 9.88 Å². The van der Waals surface area contributed by atoms with Gasteiger partial charge in [-0.2, -0.15) is 0 Å². The third-order valence-electron chi connectivity index (χ3n) is 4.27.